The van der Waals surface area contributed by atoms with E-state index < -0.39 is 0 Å². The zero-order valence-corrected chi connectivity index (χ0v) is 12.6. The SMILES string of the molecule is O=C(c1ccc(Br)cc1)N1CCC(CC2COC2)C1=O. The van der Waals surface area contributed by atoms with Crippen molar-refractivity contribution in [3.8, 4) is 0 Å². The second-order valence-electron chi connectivity index (χ2n) is 5.43. The highest BCUT2D eigenvalue weighted by atomic mass is 79.9. The van der Waals surface area contributed by atoms with Crippen molar-refractivity contribution in [2.45, 2.75) is 12.8 Å². The average molecular weight is 338 g/mol. The summed E-state index contributed by atoms with van der Waals surface area (Å²) in [6.07, 6.45) is 1.63. The lowest BCUT2D eigenvalue weighted by molar-refractivity contribution is -0.130. The Kier molecular flexibility index (Phi) is 3.89. The molecule has 3 rings (SSSR count). The van der Waals surface area contributed by atoms with Crippen LogP contribution in [0.15, 0.2) is 28.7 Å². The molecule has 0 N–H and O–H groups in total. The van der Waals surface area contributed by atoms with Crippen LogP contribution in [0.2, 0.25) is 0 Å². The molecule has 2 aliphatic heterocycles. The Balaban J connectivity index is 1.66. The van der Waals surface area contributed by atoms with Crippen LogP contribution in [0.5, 0.6) is 0 Å². The fraction of sp³-hybridized carbons (Fsp3) is 0.467. The van der Waals surface area contributed by atoms with Crippen molar-refractivity contribution in [3.63, 3.8) is 0 Å². The maximum absolute atomic E-state index is 12.3. The van der Waals surface area contributed by atoms with Gasteiger partial charge in [0.25, 0.3) is 5.91 Å². The molecule has 2 aliphatic rings. The molecule has 5 heteroatoms. The number of imide groups is 1. The van der Waals surface area contributed by atoms with Crippen LogP contribution in [0, 0.1) is 11.8 Å². The minimum absolute atomic E-state index is 0.0108. The third-order valence-corrected chi connectivity index (χ3v) is 4.51. The Morgan fingerprint density at radius 1 is 1.30 bits per heavy atom. The van der Waals surface area contributed by atoms with E-state index in [1.165, 1.54) is 4.90 Å². The first-order chi connectivity index (χ1) is 9.65. The van der Waals surface area contributed by atoms with E-state index in [9.17, 15) is 9.59 Å². The standard InChI is InChI=1S/C15H16BrNO3/c16-13-3-1-11(2-4-13)14(18)17-6-5-12(15(17)19)7-10-8-20-9-10/h1-4,10,12H,5-9H2. The van der Waals surface area contributed by atoms with E-state index in [0.29, 0.717) is 18.0 Å². The number of hydrogen-bond acceptors (Lipinski definition) is 3. The molecule has 0 spiro atoms. The Labute approximate surface area is 126 Å². The summed E-state index contributed by atoms with van der Waals surface area (Å²) in [6.45, 7) is 2.04. The molecular weight excluding hydrogens is 322 g/mol. The van der Waals surface area contributed by atoms with Crippen LogP contribution in [-0.4, -0.2) is 36.5 Å². The van der Waals surface area contributed by atoms with E-state index in [0.717, 1.165) is 30.5 Å². The summed E-state index contributed by atoms with van der Waals surface area (Å²) in [5, 5.41) is 0. The van der Waals surface area contributed by atoms with E-state index in [1.807, 2.05) is 12.1 Å². The number of carbonyl (C=O) groups is 2. The van der Waals surface area contributed by atoms with Crippen LogP contribution in [0.1, 0.15) is 23.2 Å². The summed E-state index contributed by atoms with van der Waals surface area (Å²) in [7, 11) is 0. The summed E-state index contributed by atoms with van der Waals surface area (Å²) in [5.74, 6) is 0.273. The molecule has 0 saturated carbocycles. The van der Waals surface area contributed by atoms with Crippen LogP contribution in [0.3, 0.4) is 0 Å². The van der Waals surface area contributed by atoms with E-state index >= 15 is 0 Å². The maximum atomic E-state index is 12.3. The van der Waals surface area contributed by atoms with Gasteiger partial charge in [-0.15, -0.1) is 0 Å². The Bertz CT molecular complexity index is 524. The number of rotatable bonds is 3. The quantitative estimate of drug-likeness (QED) is 0.796. The topological polar surface area (TPSA) is 46.6 Å². The van der Waals surface area contributed by atoms with Crippen molar-refractivity contribution in [2.24, 2.45) is 11.8 Å². The molecule has 106 valence electrons. The highest BCUT2D eigenvalue weighted by Crippen LogP contribution is 2.29. The van der Waals surface area contributed by atoms with Crippen LogP contribution < -0.4 is 0 Å². The summed E-state index contributed by atoms with van der Waals surface area (Å²) in [4.78, 5) is 26.1. The number of amides is 2. The Morgan fingerprint density at radius 2 is 2.00 bits per heavy atom. The monoisotopic (exact) mass is 337 g/mol. The van der Waals surface area contributed by atoms with Gasteiger partial charge in [-0.25, -0.2) is 0 Å². The van der Waals surface area contributed by atoms with E-state index in [1.54, 1.807) is 12.1 Å². The lowest BCUT2D eigenvalue weighted by Gasteiger charge is -2.27. The predicted octanol–water partition coefficient (Wildman–Crippen LogP) is 2.47. The summed E-state index contributed by atoms with van der Waals surface area (Å²) in [6, 6.07) is 7.12. The average Bonchev–Trinajstić information content (AvgIpc) is 2.75. The van der Waals surface area contributed by atoms with Gasteiger partial charge in [-0.2, -0.15) is 0 Å². The lowest BCUT2D eigenvalue weighted by atomic mass is 9.92. The molecule has 2 saturated heterocycles. The summed E-state index contributed by atoms with van der Waals surface area (Å²) in [5.41, 5.74) is 0.564. The second-order valence-corrected chi connectivity index (χ2v) is 6.34. The Hall–Kier alpha value is -1.20. The largest absolute Gasteiger partial charge is 0.381 e. The first-order valence-electron chi connectivity index (χ1n) is 6.84. The molecule has 2 heterocycles. The molecule has 0 aromatic heterocycles. The molecule has 1 unspecified atom stereocenters. The third-order valence-electron chi connectivity index (χ3n) is 3.98. The van der Waals surface area contributed by atoms with Crippen molar-refractivity contribution in [3.05, 3.63) is 34.3 Å². The van der Waals surface area contributed by atoms with Crippen molar-refractivity contribution in [2.75, 3.05) is 19.8 Å². The molecule has 2 amide bonds. The van der Waals surface area contributed by atoms with Crippen molar-refractivity contribution >= 4 is 27.7 Å². The van der Waals surface area contributed by atoms with Gasteiger partial charge in [-0.1, -0.05) is 15.9 Å². The van der Waals surface area contributed by atoms with Gasteiger partial charge in [0.2, 0.25) is 5.91 Å². The van der Waals surface area contributed by atoms with E-state index in [2.05, 4.69) is 15.9 Å². The Morgan fingerprint density at radius 3 is 2.60 bits per heavy atom. The van der Waals surface area contributed by atoms with Gasteiger partial charge in [0.1, 0.15) is 0 Å². The van der Waals surface area contributed by atoms with Gasteiger partial charge in [0.15, 0.2) is 0 Å². The van der Waals surface area contributed by atoms with Gasteiger partial charge < -0.3 is 4.74 Å². The minimum atomic E-state index is -0.185. The van der Waals surface area contributed by atoms with Gasteiger partial charge >= 0.3 is 0 Å². The molecule has 20 heavy (non-hydrogen) atoms. The zero-order valence-electron chi connectivity index (χ0n) is 11.0. The van der Waals surface area contributed by atoms with E-state index in [-0.39, 0.29) is 17.7 Å². The molecule has 1 aromatic rings. The fourth-order valence-electron chi connectivity index (χ4n) is 2.73. The number of ether oxygens (including phenoxy) is 1. The fourth-order valence-corrected chi connectivity index (χ4v) is 2.99. The van der Waals surface area contributed by atoms with Crippen molar-refractivity contribution in [1.82, 2.24) is 4.90 Å². The molecule has 4 nitrogen and oxygen atoms in total. The third kappa shape index (κ3) is 2.65. The smallest absolute Gasteiger partial charge is 0.260 e. The van der Waals surface area contributed by atoms with Crippen LogP contribution in [0.4, 0.5) is 0 Å². The normalized spacial score (nSPS) is 22.9. The van der Waals surface area contributed by atoms with Gasteiger partial charge in [-0.05, 0) is 37.1 Å². The minimum Gasteiger partial charge on any atom is -0.381 e. The number of halogens is 1. The van der Waals surface area contributed by atoms with E-state index in [4.69, 9.17) is 4.74 Å². The molecule has 2 fully saturated rings. The molecular formula is C15H16BrNO3. The van der Waals surface area contributed by atoms with Crippen LogP contribution in [0.25, 0.3) is 0 Å². The maximum Gasteiger partial charge on any atom is 0.260 e. The van der Waals surface area contributed by atoms with Gasteiger partial charge in [0, 0.05) is 28.4 Å². The summed E-state index contributed by atoms with van der Waals surface area (Å²) >= 11 is 3.34. The molecule has 0 bridgehead atoms. The van der Waals surface area contributed by atoms with Crippen molar-refractivity contribution in [1.29, 1.82) is 0 Å². The molecule has 1 aromatic carbocycles. The highest BCUT2D eigenvalue weighted by Gasteiger charge is 2.38. The number of benzene rings is 1. The number of carbonyl (C=O) groups excluding carboxylic acids is 2. The molecule has 1 atom stereocenters. The van der Waals surface area contributed by atoms with Crippen molar-refractivity contribution < 1.29 is 14.3 Å². The predicted molar refractivity (Wildman–Crippen MR) is 77.2 cm³/mol. The van der Waals surface area contributed by atoms with Crippen LogP contribution in [-0.2, 0) is 9.53 Å². The summed E-state index contributed by atoms with van der Waals surface area (Å²) < 4.78 is 6.06. The first kappa shape index (κ1) is 13.8. The number of likely N-dealkylation sites (tertiary alicyclic amines) is 1. The molecule has 0 aliphatic carbocycles. The number of nitrogens with zero attached hydrogens (tertiary/aromatic N) is 1. The van der Waals surface area contributed by atoms with Gasteiger partial charge in [-0.3, -0.25) is 14.5 Å². The number of hydrogen-bond donors (Lipinski definition) is 0. The second kappa shape index (κ2) is 5.66. The lowest BCUT2D eigenvalue weighted by Crippen LogP contribution is -2.36. The van der Waals surface area contributed by atoms with Crippen LogP contribution >= 0.6 is 15.9 Å². The zero-order chi connectivity index (χ0) is 14.1. The molecule has 0 radical (unpaired) electrons. The highest BCUT2D eigenvalue weighted by molar-refractivity contribution is 9.10. The first-order valence-corrected chi connectivity index (χ1v) is 7.63. The van der Waals surface area contributed by atoms with Gasteiger partial charge in [0.05, 0.1) is 13.2 Å².